The van der Waals surface area contributed by atoms with E-state index < -0.39 is 6.10 Å². The first-order valence-corrected chi connectivity index (χ1v) is 10.2. The maximum Gasteiger partial charge on any atom is 0.184 e. The minimum atomic E-state index is -0.796. The maximum absolute atomic E-state index is 12.1. The van der Waals surface area contributed by atoms with Crippen molar-refractivity contribution in [3.63, 3.8) is 0 Å². The van der Waals surface area contributed by atoms with Gasteiger partial charge in [-0.2, -0.15) is 0 Å². The zero-order valence-corrected chi connectivity index (χ0v) is 16.1. The van der Waals surface area contributed by atoms with Crippen LogP contribution in [0.5, 0.6) is 0 Å². The summed E-state index contributed by atoms with van der Waals surface area (Å²) in [5.74, 6) is 9.75. The van der Waals surface area contributed by atoms with Crippen molar-refractivity contribution in [3.8, 4) is 11.8 Å². The van der Waals surface area contributed by atoms with Gasteiger partial charge in [0.1, 0.15) is 6.10 Å². The molecule has 2 nitrogen and oxygen atoms in total. The highest BCUT2D eigenvalue weighted by Crippen LogP contribution is 2.67. The van der Waals surface area contributed by atoms with Crippen LogP contribution in [0.15, 0.2) is 11.6 Å². The normalized spacial score (nSPS) is 51.6. The van der Waals surface area contributed by atoms with Gasteiger partial charge in [-0.1, -0.05) is 32.3 Å². The molecule has 0 bridgehead atoms. The molecule has 3 fully saturated rings. The minimum Gasteiger partial charge on any atom is -0.385 e. The first kappa shape index (κ1) is 17.3. The highest BCUT2D eigenvalue weighted by Gasteiger charge is 2.60. The molecule has 136 valence electrons. The van der Waals surface area contributed by atoms with E-state index in [-0.39, 0.29) is 11.2 Å². The lowest BCUT2D eigenvalue weighted by atomic mass is 9.45. The van der Waals surface area contributed by atoms with Crippen LogP contribution in [0.3, 0.4) is 0 Å². The highest BCUT2D eigenvalue weighted by atomic mass is 16.3. The third kappa shape index (κ3) is 2.31. The third-order valence-corrected chi connectivity index (χ3v) is 8.63. The van der Waals surface area contributed by atoms with E-state index in [1.807, 2.05) is 13.0 Å². The summed E-state index contributed by atoms with van der Waals surface area (Å²) >= 11 is 0. The zero-order valence-electron chi connectivity index (χ0n) is 16.1. The summed E-state index contributed by atoms with van der Waals surface area (Å²) < 4.78 is 0. The monoisotopic (exact) mass is 340 g/mol. The Hall–Kier alpha value is -1.07. The molecule has 2 heteroatoms. The average Bonchev–Trinajstić information content (AvgIpc) is 2.88. The van der Waals surface area contributed by atoms with Crippen LogP contribution in [0.25, 0.3) is 0 Å². The second kappa shape index (κ2) is 5.71. The Morgan fingerprint density at radius 2 is 1.96 bits per heavy atom. The van der Waals surface area contributed by atoms with Gasteiger partial charge >= 0.3 is 0 Å². The van der Waals surface area contributed by atoms with Crippen LogP contribution in [0.1, 0.15) is 66.2 Å². The van der Waals surface area contributed by atoms with Gasteiger partial charge in [0.05, 0.1) is 0 Å². The molecule has 0 heterocycles. The molecule has 0 aromatic heterocycles. The van der Waals surface area contributed by atoms with Crippen LogP contribution in [0.2, 0.25) is 0 Å². The Bertz CT molecular complexity index is 680. The van der Waals surface area contributed by atoms with Crippen molar-refractivity contribution >= 4 is 5.78 Å². The molecule has 0 aromatic rings. The predicted octanol–water partition coefficient (Wildman–Crippen LogP) is 4.37. The van der Waals surface area contributed by atoms with Crippen molar-refractivity contribution < 1.29 is 9.90 Å². The zero-order chi connectivity index (χ0) is 18.0. The number of rotatable bonds is 0. The first-order chi connectivity index (χ1) is 11.8. The molecule has 2 unspecified atom stereocenters. The number of aliphatic hydroxyl groups is 1. The number of aliphatic hydroxyl groups excluding tert-OH is 1. The first-order valence-electron chi connectivity index (χ1n) is 10.2. The largest absolute Gasteiger partial charge is 0.385 e. The number of allylic oxidation sites excluding steroid dienone is 1. The van der Waals surface area contributed by atoms with Gasteiger partial charge in [-0.3, -0.25) is 4.79 Å². The van der Waals surface area contributed by atoms with E-state index in [2.05, 4.69) is 32.6 Å². The van der Waals surface area contributed by atoms with Crippen molar-refractivity contribution in [3.05, 3.63) is 11.6 Å². The molecule has 4 aliphatic carbocycles. The van der Waals surface area contributed by atoms with Gasteiger partial charge in [0.25, 0.3) is 0 Å². The number of carbonyl (C=O) groups is 1. The van der Waals surface area contributed by atoms with Crippen molar-refractivity contribution in [2.75, 3.05) is 0 Å². The van der Waals surface area contributed by atoms with Gasteiger partial charge in [-0.15, -0.1) is 5.92 Å². The summed E-state index contributed by atoms with van der Waals surface area (Å²) in [6.45, 7) is 9.11. The lowest BCUT2D eigenvalue weighted by Gasteiger charge is -2.59. The van der Waals surface area contributed by atoms with Crippen molar-refractivity contribution in [2.24, 2.45) is 40.4 Å². The third-order valence-electron chi connectivity index (χ3n) is 8.63. The molecule has 0 radical (unpaired) electrons. The predicted molar refractivity (Wildman–Crippen MR) is 99.6 cm³/mol. The number of hydrogen-bond acceptors (Lipinski definition) is 2. The molecule has 0 amide bonds. The molecule has 0 spiro atoms. The Kier molecular flexibility index (Phi) is 3.97. The molecule has 4 aliphatic rings. The Morgan fingerprint density at radius 3 is 2.68 bits per heavy atom. The van der Waals surface area contributed by atoms with Gasteiger partial charge in [-0.25, -0.2) is 0 Å². The molecular weight excluding hydrogens is 308 g/mol. The summed E-state index contributed by atoms with van der Waals surface area (Å²) in [6.07, 6.45) is 7.88. The van der Waals surface area contributed by atoms with E-state index in [0.29, 0.717) is 29.6 Å². The molecule has 8 atom stereocenters. The summed E-state index contributed by atoms with van der Waals surface area (Å²) in [7, 11) is 0. The lowest BCUT2D eigenvalue weighted by Crippen LogP contribution is -2.54. The van der Waals surface area contributed by atoms with Gasteiger partial charge in [0.2, 0.25) is 0 Å². The van der Waals surface area contributed by atoms with E-state index in [1.165, 1.54) is 37.7 Å². The number of carbonyl (C=O) groups excluding carboxylic acids is 1. The van der Waals surface area contributed by atoms with Crippen LogP contribution in [0, 0.1) is 52.3 Å². The van der Waals surface area contributed by atoms with Crippen LogP contribution in [-0.4, -0.2) is 17.0 Å². The molecule has 25 heavy (non-hydrogen) atoms. The van der Waals surface area contributed by atoms with E-state index in [0.717, 1.165) is 11.8 Å². The molecule has 3 saturated carbocycles. The number of ketones is 1. The van der Waals surface area contributed by atoms with E-state index in [1.54, 1.807) is 0 Å². The standard InChI is InChI=1S/C23H32O2/c1-5-6-15-7-8-17-16-11-14(2)19-12-20(24)21(25)13-23(19,4)18(16)9-10-22(15,17)3/h12,14-18,21,25H,7-11,13H2,1-4H3/t14-,15?,16-,17-,18-,21?,22+,23+/m0/s1. The van der Waals surface area contributed by atoms with E-state index in [4.69, 9.17) is 0 Å². The summed E-state index contributed by atoms with van der Waals surface area (Å²) in [6, 6.07) is 0. The van der Waals surface area contributed by atoms with Crippen LogP contribution in [0.4, 0.5) is 0 Å². The van der Waals surface area contributed by atoms with E-state index in [9.17, 15) is 9.90 Å². The molecular formula is C23H32O2. The summed E-state index contributed by atoms with van der Waals surface area (Å²) in [4.78, 5) is 12.1. The summed E-state index contributed by atoms with van der Waals surface area (Å²) in [5.41, 5.74) is 1.70. The van der Waals surface area contributed by atoms with Crippen molar-refractivity contribution in [1.82, 2.24) is 0 Å². The Morgan fingerprint density at radius 1 is 1.20 bits per heavy atom. The molecule has 0 saturated heterocycles. The van der Waals surface area contributed by atoms with Gasteiger partial charge < -0.3 is 5.11 Å². The lowest BCUT2D eigenvalue weighted by molar-refractivity contribution is -0.129. The Labute approximate surface area is 152 Å². The molecule has 1 N–H and O–H groups in total. The second-order valence-corrected chi connectivity index (χ2v) is 9.72. The minimum absolute atomic E-state index is 0.00547. The fourth-order valence-electron chi connectivity index (χ4n) is 7.46. The van der Waals surface area contributed by atoms with Crippen LogP contribution in [-0.2, 0) is 4.79 Å². The fraction of sp³-hybridized carbons (Fsp3) is 0.783. The van der Waals surface area contributed by atoms with Crippen LogP contribution < -0.4 is 0 Å². The average molecular weight is 341 g/mol. The molecule has 0 aromatic carbocycles. The van der Waals surface area contributed by atoms with Crippen LogP contribution >= 0.6 is 0 Å². The summed E-state index contributed by atoms with van der Waals surface area (Å²) in [5, 5.41) is 10.3. The topological polar surface area (TPSA) is 37.3 Å². The van der Waals surface area contributed by atoms with Crippen molar-refractivity contribution in [1.29, 1.82) is 0 Å². The quantitative estimate of drug-likeness (QED) is 0.665. The Balaban J connectivity index is 1.71. The maximum atomic E-state index is 12.1. The fourth-order valence-corrected chi connectivity index (χ4v) is 7.46. The second-order valence-electron chi connectivity index (χ2n) is 9.72. The van der Waals surface area contributed by atoms with Gasteiger partial charge in [-0.05, 0) is 86.0 Å². The van der Waals surface area contributed by atoms with Gasteiger partial charge in [0.15, 0.2) is 5.78 Å². The SMILES string of the molecule is CC#CC1CC[C@H]2[C@@H]3C[C@H](C)C4=CC(=O)C(O)C[C@]4(C)[C@H]3CC[C@]12C. The smallest absolute Gasteiger partial charge is 0.184 e. The number of fused-ring (bicyclic) bond motifs is 5. The molecule has 4 rings (SSSR count). The number of hydrogen-bond donors (Lipinski definition) is 1. The van der Waals surface area contributed by atoms with Gasteiger partial charge in [0, 0.05) is 5.92 Å². The van der Waals surface area contributed by atoms with E-state index >= 15 is 0 Å². The highest BCUT2D eigenvalue weighted by molar-refractivity contribution is 5.95. The molecule has 0 aliphatic heterocycles. The van der Waals surface area contributed by atoms with Crippen molar-refractivity contribution in [2.45, 2.75) is 72.3 Å².